The van der Waals surface area contributed by atoms with Crippen LogP contribution in [0.25, 0.3) is 10.2 Å². The maximum Gasteiger partial charge on any atom is 0.209 e. The number of carbonyl (C=O) groups is 1. The van der Waals surface area contributed by atoms with Gasteiger partial charge in [-0.2, -0.15) is 0 Å². The lowest BCUT2D eigenvalue weighted by atomic mass is 9.97. The number of nitrogens with two attached hydrogens (primary N) is 1. The van der Waals surface area contributed by atoms with Gasteiger partial charge in [0, 0.05) is 54.6 Å². The Morgan fingerprint density at radius 3 is 2.55 bits per heavy atom. The number of piperidine rings is 1. The number of ether oxygens (including phenoxy) is 1. The fourth-order valence-electron chi connectivity index (χ4n) is 5.73. The quantitative estimate of drug-likeness (QED) is 0.234. The zero-order chi connectivity index (χ0) is 28.1. The van der Waals surface area contributed by atoms with E-state index in [1.54, 1.807) is 11.2 Å². The highest BCUT2D eigenvalue weighted by atomic mass is 32.1. The first-order valence-electron chi connectivity index (χ1n) is 14.1. The van der Waals surface area contributed by atoms with E-state index in [2.05, 4.69) is 39.2 Å². The summed E-state index contributed by atoms with van der Waals surface area (Å²) in [5.41, 5.74) is 11.1. The number of amides is 1. The molecule has 0 saturated carbocycles. The molecule has 10 nitrogen and oxygen atoms in total. The number of rotatable bonds is 6. The summed E-state index contributed by atoms with van der Waals surface area (Å²) in [6.07, 6.45) is 10.8. The Hall–Kier alpha value is -3.28. The Morgan fingerprint density at radius 1 is 1.12 bits per heavy atom. The summed E-state index contributed by atoms with van der Waals surface area (Å²) in [6.45, 7) is 4.85. The lowest BCUT2D eigenvalue weighted by Crippen LogP contribution is -2.42. The number of carbonyl (C=O) groups excluding carboxylic acids is 1. The highest BCUT2D eigenvalue weighted by molar-refractivity contribution is 7.19. The Balaban J connectivity index is 0.000000348. The van der Waals surface area contributed by atoms with Crippen molar-refractivity contribution in [1.29, 1.82) is 5.41 Å². The van der Waals surface area contributed by atoms with Gasteiger partial charge in [-0.1, -0.05) is 0 Å². The van der Waals surface area contributed by atoms with Crippen molar-refractivity contribution in [1.82, 2.24) is 19.8 Å². The van der Waals surface area contributed by atoms with Crippen molar-refractivity contribution in [3.8, 4) is 0 Å². The number of thiophene rings is 1. The summed E-state index contributed by atoms with van der Waals surface area (Å²) in [4.78, 5) is 28.2. The van der Waals surface area contributed by atoms with Gasteiger partial charge in [-0.15, -0.1) is 11.3 Å². The van der Waals surface area contributed by atoms with E-state index < -0.39 is 0 Å². The number of hydrogen-bond acceptors (Lipinski definition) is 10. The van der Waals surface area contributed by atoms with Crippen molar-refractivity contribution >= 4 is 57.1 Å². The summed E-state index contributed by atoms with van der Waals surface area (Å²) in [5, 5.41) is 12.6. The summed E-state index contributed by atoms with van der Waals surface area (Å²) in [7, 11) is 4.32. The molecular weight excluding hydrogens is 524 g/mol. The summed E-state index contributed by atoms with van der Waals surface area (Å²) < 4.78 is 5.00. The van der Waals surface area contributed by atoms with Crippen LogP contribution in [0.4, 0.5) is 22.9 Å². The number of aryl methyl sites for hydroxylation is 2. The lowest BCUT2D eigenvalue weighted by Gasteiger charge is -2.37. The smallest absolute Gasteiger partial charge is 0.209 e. The number of anilines is 4. The molecule has 2 aromatic heterocycles. The first-order chi connectivity index (χ1) is 19.5. The van der Waals surface area contributed by atoms with Crippen LogP contribution < -0.4 is 16.0 Å². The molecule has 6 rings (SSSR count). The van der Waals surface area contributed by atoms with Crippen molar-refractivity contribution in [2.75, 3.05) is 69.4 Å². The van der Waals surface area contributed by atoms with E-state index in [-0.39, 0.29) is 0 Å². The monoisotopic (exact) mass is 564 g/mol. The predicted octanol–water partition coefficient (Wildman–Crippen LogP) is 3.90. The molecule has 40 heavy (non-hydrogen) atoms. The molecule has 214 valence electrons. The van der Waals surface area contributed by atoms with Crippen LogP contribution in [0.15, 0.2) is 18.5 Å². The van der Waals surface area contributed by atoms with Crippen molar-refractivity contribution in [3.05, 3.63) is 34.5 Å². The highest BCUT2D eigenvalue weighted by Crippen LogP contribution is 2.41. The van der Waals surface area contributed by atoms with Gasteiger partial charge in [0.15, 0.2) is 0 Å². The molecule has 11 heteroatoms. The number of nitrogen functional groups attached to an aromatic ring is 1. The number of aromatic nitrogens is 2. The number of morpholine rings is 1. The second-order valence-corrected chi connectivity index (χ2v) is 11.9. The molecule has 1 aromatic carbocycles. The van der Waals surface area contributed by atoms with E-state index in [9.17, 15) is 4.79 Å². The molecule has 4 N–H and O–H groups in total. The molecule has 4 heterocycles. The molecule has 1 amide bonds. The number of nitrogens with zero attached hydrogens (tertiary/aromatic N) is 5. The van der Waals surface area contributed by atoms with Crippen molar-refractivity contribution < 1.29 is 9.53 Å². The molecule has 0 bridgehead atoms. The van der Waals surface area contributed by atoms with Crippen molar-refractivity contribution in [3.63, 3.8) is 0 Å². The number of nitrogens with one attached hydrogen (secondary N) is 2. The Bertz CT molecular complexity index is 1330. The third-order valence-electron chi connectivity index (χ3n) is 8.09. The van der Waals surface area contributed by atoms with Gasteiger partial charge in [-0.05, 0) is 70.3 Å². The standard InChI is InChI=1S/C24H31N7S.C5H9NO2/c1-30(2)16-7-9-31(10-8-16)20-12-18(26)15(13-25)11-19(20)29-23-22-17-5-3-4-6-21(17)32-24(22)28-14-27-23;7-5-6-1-3-8-4-2-6/h11-14,16,25H,3-10,26H2,1-2H3,(H,27,28,29);5H,1-4H2. The van der Waals surface area contributed by atoms with Crippen molar-refractivity contribution in [2.45, 2.75) is 44.6 Å². The lowest BCUT2D eigenvalue weighted by molar-refractivity contribution is -0.121. The van der Waals surface area contributed by atoms with E-state index in [1.165, 1.54) is 29.5 Å². The van der Waals surface area contributed by atoms with Gasteiger partial charge < -0.3 is 35.9 Å². The minimum Gasteiger partial charge on any atom is -0.398 e. The molecule has 3 aliphatic rings. The van der Waals surface area contributed by atoms with E-state index in [4.69, 9.17) is 15.9 Å². The van der Waals surface area contributed by atoms with Gasteiger partial charge in [-0.25, -0.2) is 9.97 Å². The minimum absolute atomic E-state index is 0.611. The van der Waals surface area contributed by atoms with Crippen LogP contribution in [0.2, 0.25) is 0 Å². The van der Waals surface area contributed by atoms with Crippen LogP contribution in [0.5, 0.6) is 0 Å². The van der Waals surface area contributed by atoms with Gasteiger partial charge >= 0.3 is 0 Å². The molecule has 1 aliphatic carbocycles. The van der Waals surface area contributed by atoms with Crippen LogP contribution >= 0.6 is 11.3 Å². The van der Waals surface area contributed by atoms with Crippen LogP contribution in [-0.2, 0) is 22.4 Å². The summed E-state index contributed by atoms with van der Waals surface area (Å²) in [5.74, 6) is 0.861. The second-order valence-electron chi connectivity index (χ2n) is 10.8. The normalized spacial score (nSPS) is 17.8. The van der Waals surface area contributed by atoms with Crippen molar-refractivity contribution in [2.24, 2.45) is 0 Å². The van der Waals surface area contributed by atoms with E-state index >= 15 is 0 Å². The summed E-state index contributed by atoms with van der Waals surface area (Å²) in [6, 6.07) is 4.61. The molecule has 0 atom stereocenters. The average molecular weight is 565 g/mol. The number of benzene rings is 1. The highest BCUT2D eigenvalue weighted by Gasteiger charge is 2.25. The van der Waals surface area contributed by atoms with Crippen LogP contribution in [0, 0.1) is 5.41 Å². The molecule has 2 saturated heterocycles. The molecule has 2 aliphatic heterocycles. The van der Waals surface area contributed by atoms with E-state index in [1.807, 2.05) is 23.5 Å². The van der Waals surface area contributed by atoms with E-state index in [0.717, 1.165) is 91.2 Å². The third kappa shape index (κ3) is 6.21. The molecule has 0 unspecified atom stereocenters. The largest absolute Gasteiger partial charge is 0.398 e. The van der Waals surface area contributed by atoms with Crippen LogP contribution in [-0.4, -0.2) is 91.9 Å². The Kier molecular flexibility index (Phi) is 9.13. The maximum absolute atomic E-state index is 10.0. The topological polar surface area (TPSA) is 124 Å². The van der Waals surface area contributed by atoms with Gasteiger partial charge in [0.2, 0.25) is 6.41 Å². The van der Waals surface area contributed by atoms with Crippen LogP contribution in [0.1, 0.15) is 41.7 Å². The first-order valence-corrected chi connectivity index (χ1v) is 14.9. The molecule has 0 radical (unpaired) electrons. The maximum atomic E-state index is 10.0. The first kappa shape index (κ1) is 28.3. The number of fused-ring (bicyclic) bond motifs is 3. The van der Waals surface area contributed by atoms with Gasteiger partial charge in [-0.3, -0.25) is 4.79 Å². The molecule has 0 spiro atoms. The van der Waals surface area contributed by atoms with Gasteiger partial charge in [0.05, 0.1) is 30.0 Å². The average Bonchev–Trinajstić information content (AvgIpc) is 3.38. The van der Waals surface area contributed by atoms with Gasteiger partial charge in [0.25, 0.3) is 0 Å². The zero-order valence-corrected chi connectivity index (χ0v) is 24.3. The van der Waals surface area contributed by atoms with Crippen LogP contribution in [0.3, 0.4) is 0 Å². The molecule has 2 fully saturated rings. The molecular formula is C29H40N8O2S. The third-order valence-corrected chi connectivity index (χ3v) is 9.29. The predicted molar refractivity (Wildman–Crippen MR) is 163 cm³/mol. The Morgan fingerprint density at radius 2 is 1.88 bits per heavy atom. The Labute approximate surface area is 240 Å². The fourth-order valence-corrected chi connectivity index (χ4v) is 6.96. The summed E-state index contributed by atoms with van der Waals surface area (Å²) >= 11 is 1.81. The van der Waals surface area contributed by atoms with E-state index in [0.29, 0.717) is 24.9 Å². The number of hydrogen-bond donors (Lipinski definition) is 3. The fraction of sp³-hybridized carbons (Fsp3) is 0.517. The molecule has 3 aromatic rings. The second kappa shape index (κ2) is 12.9. The zero-order valence-electron chi connectivity index (χ0n) is 23.5. The SMILES string of the molecule is CN(C)C1CCN(c2cc(N)c(C=N)cc2Nc2ncnc3sc4c(c23)CCCC4)CC1.O=CN1CCOCC1. The van der Waals surface area contributed by atoms with Gasteiger partial charge in [0.1, 0.15) is 17.0 Å². The minimum atomic E-state index is 0.611.